The Morgan fingerprint density at radius 3 is 2.69 bits per heavy atom. The van der Waals surface area contributed by atoms with E-state index in [-0.39, 0.29) is 29.2 Å². The Morgan fingerprint density at radius 2 is 2.00 bits per heavy atom. The van der Waals surface area contributed by atoms with Crippen molar-refractivity contribution < 1.29 is 24.2 Å². The van der Waals surface area contributed by atoms with Crippen LogP contribution in [0, 0.1) is 28.6 Å². The standard InChI is InChI=1S/C24H32O4.C6H9N3O2/c1-22-9-7-16(25)11-15(22)4-5-18-17(22)8-10-23(2)19(12-20-24(18,23)28-20)14-3-6-21(26)27-13-14;7-5(6(10)11)1-4-2-8-3-9-4/h3,6,13,15-20,25H,4-5,7-12H2,1-2H3;2-3,5H,1,7H2,(H,8,9)(H,10,11)/t15-,16+,17+,18-,19-,20-,22+,23-,24-;5-/m10/s1. The second-order valence-corrected chi connectivity index (χ2v) is 13.2. The Morgan fingerprint density at radius 1 is 1.18 bits per heavy atom. The third kappa shape index (κ3) is 4.19. The number of aliphatic carboxylic acids is 1. The number of carboxylic acid groups (broad SMARTS) is 1. The molecule has 212 valence electrons. The molecule has 1 aliphatic heterocycles. The number of fused-ring (bicyclic) bond motifs is 3. The van der Waals surface area contributed by atoms with E-state index in [4.69, 9.17) is 20.0 Å². The molecule has 1 saturated heterocycles. The second kappa shape index (κ2) is 9.56. The van der Waals surface area contributed by atoms with Gasteiger partial charge in [0, 0.05) is 29.8 Å². The maximum Gasteiger partial charge on any atom is 0.335 e. The summed E-state index contributed by atoms with van der Waals surface area (Å²) in [5.41, 5.74) is 7.44. The predicted octanol–water partition coefficient (Wildman–Crippen LogP) is 3.62. The fourth-order valence-corrected chi connectivity index (χ4v) is 9.46. The molecule has 0 radical (unpaired) electrons. The first kappa shape index (κ1) is 26.7. The highest BCUT2D eigenvalue weighted by Crippen LogP contribution is 2.77. The van der Waals surface area contributed by atoms with Gasteiger partial charge in [-0.25, -0.2) is 9.78 Å². The molecule has 1 spiro atoms. The highest BCUT2D eigenvalue weighted by molar-refractivity contribution is 5.73. The van der Waals surface area contributed by atoms with Gasteiger partial charge in [0.15, 0.2) is 0 Å². The zero-order valence-corrected chi connectivity index (χ0v) is 22.8. The number of aromatic amines is 1. The summed E-state index contributed by atoms with van der Waals surface area (Å²) < 4.78 is 11.8. The molecular formula is C30H41N3O6. The van der Waals surface area contributed by atoms with Crippen molar-refractivity contribution in [3.8, 4) is 0 Å². The number of aliphatic hydroxyl groups is 1. The number of aromatic nitrogens is 2. The van der Waals surface area contributed by atoms with Gasteiger partial charge >= 0.3 is 11.6 Å². The molecule has 3 heterocycles. The van der Waals surface area contributed by atoms with Crippen LogP contribution in [0.2, 0.25) is 0 Å². The van der Waals surface area contributed by atoms with E-state index in [0.717, 1.165) is 30.9 Å². The van der Waals surface area contributed by atoms with E-state index < -0.39 is 12.0 Å². The van der Waals surface area contributed by atoms with E-state index in [1.54, 1.807) is 18.5 Å². The fraction of sp³-hybridized carbons (Fsp3) is 0.700. The van der Waals surface area contributed by atoms with Gasteiger partial charge < -0.3 is 30.1 Å². The van der Waals surface area contributed by atoms with Gasteiger partial charge in [0.05, 0.1) is 24.8 Å². The Labute approximate surface area is 228 Å². The summed E-state index contributed by atoms with van der Waals surface area (Å²) in [5, 5.41) is 18.7. The SMILES string of the molecule is C[C@]12CC[C@H](O)C[C@H]1CC[C@@H]1[C@@H]2CC[C@]2(C)[C@@H](c3ccc(=O)oc3)C[C@H]3O[C@]132.N[C@@H](Cc1cnc[nH]1)C(=O)O. The minimum absolute atomic E-state index is 0.0285. The van der Waals surface area contributed by atoms with Crippen LogP contribution in [0.5, 0.6) is 0 Å². The summed E-state index contributed by atoms with van der Waals surface area (Å²) in [6.45, 7) is 4.97. The molecule has 39 heavy (non-hydrogen) atoms. The molecule has 5 aliphatic rings. The summed E-state index contributed by atoms with van der Waals surface area (Å²) in [5.74, 6) is 1.48. The van der Waals surface area contributed by atoms with Crippen LogP contribution < -0.4 is 11.4 Å². The van der Waals surface area contributed by atoms with Crippen molar-refractivity contribution in [1.29, 1.82) is 0 Å². The number of imidazole rings is 1. The first-order valence-electron chi connectivity index (χ1n) is 14.5. The second-order valence-electron chi connectivity index (χ2n) is 13.2. The molecule has 0 amide bonds. The van der Waals surface area contributed by atoms with Crippen LogP contribution in [-0.4, -0.2) is 50.0 Å². The zero-order chi connectivity index (χ0) is 27.6. The van der Waals surface area contributed by atoms with Crippen molar-refractivity contribution in [3.63, 3.8) is 0 Å². The van der Waals surface area contributed by atoms with Gasteiger partial charge in [-0.1, -0.05) is 13.8 Å². The van der Waals surface area contributed by atoms with E-state index in [9.17, 15) is 14.7 Å². The normalized spacial score (nSPS) is 42.6. The number of nitrogens with zero attached hydrogens (tertiary/aromatic N) is 1. The average Bonchev–Trinajstić information content (AvgIpc) is 3.26. The summed E-state index contributed by atoms with van der Waals surface area (Å²) >= 11 is 0. The van der Waals surface area contributed by atoms with E-state index in [1.807, 2.05) is 6.07 Å². The van der Waals surface area contributed by atoms with E-state index in [2.05, 4.69) is 23.8 Å². The first-order chi connectivity index (χ1) is 18.6. The molecule has 0 aromatic carbocycles. The lowest BCUT2D eigenvalue weighted by atomic mass is 9.44. The smallest absolute Gasteiger partial charge is 0.335 e. The molecule has 2 aromatic heterocycles. The van der Waals surface area contributed by atoms with Crippen LogP contribution in [0.25, 0.3) is 0 Å². The van der Waals surface area contributed by atoms with Crippen LogP contribution >= 0.6 is 0 Å². The van der Waals surface area contributed by atoms with Gasteiger partial charge in [0.2, 0.25) is 0 Å². The fourth-order valence-electron chi connectivity index (χ4n) is 9.46. The summed E-state index contributed by atoms with van der Waals surface area (Å²) in [4.78, 5) is 28.2. The lowest BCUT2D eigenvalue weighted by Gasteiger charge is -2.61. The van der Waals surface area contributed by atoms with Crippen molar-refractivity contribution in [1.82, 2.24) is 9.97 Å². The molecule has 0 unspecified atom stereocenters. The lowest BCUT2D eigenvalue weighted by Crippen LogP contribution is -2.58. The van der Waals surface area contributed by atoms with Gasteiger partial charge in [-0.15, -0.1) is 0 Å². The van der Waals surface area contributed by atoms with Crippen LogP contribution in [-0.2, 0) is 16.0 Å². The molecule has 7 rings (SSSR count). The third-order valence-electron chi connectivity index (χ3n) is 11.5. The molecule has 5 fully saturated rings. The number of epoxide rings is 1. The van der Waals surface area contributed by atoms with Crippen LogP contribution in [0.4, 0.5) is 0 Å². The first-order valence-corrected chi connectivity index (χ1v) is 14.5. The van der Waals surface area contributed by atoms with Crippen molar-refractivity contribution in [2.45, 2.75) is 101 Å². The number of nitrogens with two attached hydrogens (primary N) is 1. The van der Waals surface area contributed by atoms with Gasteiger partial charge in [-0.2, -0.15) is 0 Å². The van der Waals surface area contributed by atoms with Crippen molar-refractivity contribution >= 4 is 5.97 Å². The predicted molar refractivity (Wildman–Crippen MR) is 143 cm³/mol. The maximum atomic E-state index is 11.4. The van der Waals surface area contributed by atoms with Crippen LogP contribution in [0.15, 0.2) is 40.1 Å². The number of H-pyrrole nitrogens is 1. The quantitative estimate of drug-likeness (QED) is 0.430. The Bertz CT molecular complexity index is 1240. The minimum Gasteiger partial charge on any atom is -0.480 e. The molecule has 9 nitrogen and oxygen atoms in total. The van der Waals surface area contributed by atoms with Crippen LogP contribution in [0.3, 0.4) is 0 Å². The summed E-state index contributed by atoms with van der Waals surface area (Å²) in [7, 11) is 0. The van der Waals surface area contributed by atoms with Crippen molar-refractivity contribution in [2.24, 2.45) is 34.3 Å². The number of rotatable bonds is 4. The third-order valence-corrected chi connectivity index (χ3v) is 11.5. The molecule has 5 N–H and O–H groups in total. The molecule has 2 aromatic rings. The Hall–Kier alpha value is -2.49. The Balaban J connectivity index is 0.000000213. The minimum atomic E-state index is -1.00. The van der Waals surface area contributed by atoms with E-state index in [1.165, 1.54) is 44.0 Å². The van der Waals surface area contributed by atoms with E-state index >= 15 is 0 Å². The number of ether oxygens (including phenoxy) is 1. The molecular weight excluding hydrogens is 498 g/mol. The highest BCUT2D eigenvalue weighted by Gasteiger charge is 2.80. The number of nitrogens with one attached hydrogen (secondary N) is 1. The molecule has 0 bridgehead atoms. The van der Waals surface area contributed by atoms with Crippen molar-refractivity contribution in [2.75, 3.05) is 0 Å². The van der Waals surface area contributed by atoms with Crippen LogP contribution in [0.1, 0.15) is 82.4 Å². The van der Waals surface area contributed by atoms with Gasteiger partial charge in [0.1, 0.15) is 11.6 Å². The number of hydrogen-bond acceptors (Lipinski definition) is 7. The highest BCUT2D eigenvalue weighted by atomic mass is 16.6. The number of carbonyl (C=O) groups is 1. The lowest BCUT2D eigenvalue weighted by molar-refractivity contribution is -0.139. The van der Waals surface area contributed by atoms with Gasteiger partial charge in [-0.3, -0.25) is 4.79 Å². The summed E-state index contributed by atoms with van der Waals surface area (Å²) in [6.07, 6.45) is 14.5. The van der Waals surface area contributed by atoms with Gasteiger partial charge in [0.25, 0.3) is 0 Å². The summed E-state index contributed by atoms with van der Waals surface area (Å²) in [6, 6.07) is 2.70. The number of aliphatic hydroxyl groups excluding tert-OH is 1. The molecule has 4 aliphatic carbocycles. The number of hydrogen-bond donors (Lipinski definition) is 4. The molecule has 10 atom stereocenters. The largest absolute Gasteiger partial charge is 0.480 e. The van der Waals surface area contributed by atoms with Crippen molar-refractivity contribution in [3.05, 3.63) is 52.6 Å². The molecule has 9 heteroatoms. The topological polar surface area (TPSA) is 155 Å². The van der Waals surface area contributed by atoms with Gasteiger partial charge in [-0.05, 0) is 92.1 Å². The maximum absolute atomic E-state index is 11.4. The number of carboxylic acids is 1. The average molecular weight is 540 g/mol. The van der Waals surface area contributed by atoms with E-state index in [0.29, 0.717) is 29.3 Å². The zero-order valence-electron chi connectivity index (χ0n) is 22.8. The monoisotopic (exact) mass is 539 g/mol. The molecule has 4 saturated carbocycles. The Kier molecular flexibility index (Phi) is 6.55.